The third-order valence-electron chi connectivity index (χ3n) is 6.62. The fourth-order valence-corrected chi connectivity index (χ4v) is 4.65. The summed E-state index contributed by atoms with van der Waals surface area (Å²) in [6.07, 6.45) is 5.62. The number of rotatable bonds is 3. The maximum Gasteiger partial charge on any atom is 0.227 e. The van der Waals surface area contributed by atoms with Crippen LogP contribution in [0, 0.1) is 19.8 Å². The summed E-state index contributed by atoms with van der Waals surface area (Å²) in [5.74, 6) is 1.28. The molecule has 8 nitrogen and oxygen atoms in total. The van der Waals surface area contributed by atoms with E-state index in [0.29, 0.717) is 5.65 Å². The Balaban J connectivity index is 1.24. The van der Waals surface area contributed by atoms with Gasteiger partial charge in [-0.3, -0.25) is 4.79 Å². The van der Waals surface area contributed by atoms with Gasteiger partial charge in [0.2, 0.25) is 5.91 Å². The van der Waals surface area contributed by atoms with Crippen molar-refractivity contribution in [3.05, 3.63) is 48.0 Å². The molecule has 5 heterocycles. The topological polar surface area (TPSA) is 78.4 Å². The average molecular weight is 432 g/mol. The summed E-state index contributed by atoms with van der Waals surface area (Å²) < 4.78 is 0. The molecule has 2 fully saturated rings. The fraction of sp³-hybridized carbons (Fsp3) is 0.458. The lowest BCUT2D eigenvalue weighted by Crippen LogP contribution is -2.52. The van der Waals surface area contributed by atoms with E-state index >= 15 is 0 Å². The van der Waals surface area contributed by atoms with Crippen molar-refractivity contribution in [2.45, 2.75) is 26.7 Å². The van der Waals surface area contributed by atoms with Crippen molar-refractivity contribution >= 4 is 28.6 Å². The Kier molecular flexibility index (Phi) is 5.59. The normalized spacial score (nSPS) is 19.4. The first kappa shape index (κ1) is 20.6. The van der Waals surface area contributed by atoms with Gasteiger partial charge in [-0.2, -0.15) is 0 Å². The van der Waals surface area contributed by atoms with Gasteiger partial charge in [0.05, 0.1) is 29.2 Å². The Labute approximate surface area is 188 Å². The number of amides is 1. The van der Waals surface area contributed by atoms with Gasteiger partial charge in [-0.05, 0) is 44.9 Å². The van der Waals surface area contributed by atoms with E-state index in [2.05, 4.69) is 35.8 Å². The lowest BCUT2D eigenvalue weighted by molar-refractivity contribution is -0.136. The number of fused-ring (bicyclic) bond motifs is 1. The van der Waals surface area contributed by atoms with Crippen molar-refractivity contribution in [1.29, 1.82) is 0 Å². The molecule has 1 amide bonds. The summed E-state index contributed by atoms with van der Waals surface area (Å²) in [6.45, 7) is 8.73. The highest BCUT2D eigenvalue weighted by Gasteiger charge is 2.31. The van der Waals surface area contributed by atoms with Crippen LogP contribution in [-0.4, -0.2) is 70.0 Å². The molecule has 0 spiro atoms. The number of piperidine rings is 1. The molecule has 3 aromatic rings. The highest BCUT2D eigenvalue weighted by Crippen LogP contribution is 2.26. The number of anilines is 2. The van der Waals surface area contributed by atoms with Gasteiger partial charge in [0.1, 0.15) is 11.3 Å². The smallest absolute Gasteiger partial charge is 0.227 e. The third-order valence-corrected chi connectivity index (χ3v) is 6.62. The van der Waals surface area contributed by atoms with Gasteiger partial charge in [0.15, 0.2) is 5.65 Å². The first-order chi connectivity index (χ1) is 15.6. The van der Waals surface area contributed by atoms with E-state index in [1.807, 2.05) is 49.3 Å². The minimum absolute atomic E-state index is 0.0201. The molecule has 0 aliphatic carbocycles. The molecule has 0 radical (unpaired) electrons. The van der Waals surface area contributed by atoms with Gasteiger partial charge < -0.3 is 14.7 Å². The second-order valence-electron chi connectivity index (χ2n) is 8.72. The molecule has 0 saturated carbocycles. The molecule has 0 aromatic carbocycles. The van der Waals surface area contributed by atoms with Crippen LogP contribution in [0.2, 0.25) is 0 Å². The standard InChI is InChI=1S/C24H29N7O/c1-17-18(2)28-23-21(27-17)14-20(15-26-23)31-9-5-6-19(16-31)24(32)30-12-10-29(11-13-30)22-7-3-4-8-25-22/h3-4,7-8,14-15,19H,5-6,9-13,16H2,1-2H3/t19-/m0/s1. The molecule has 0 bridgehead atoms. The highest BCUT2D eigenvalue weighted by molar-refractivity contribution is 5.80. The summed E-state index contributed by atoms with van der Waals surface area (Å²) >= 11 is 0. The molecule has 0 unspecified atom stereocenters. The zero-order valence-corrected chi connectivity index (χ0v) is 18.7. The summed E-state index contributed by atoms with van der Waals surface area (Å²) in [4.78, 5) is 38.0. The van der Waals surface area contributed by atoms with Crippen LogP contribution in [0.5, 0.6) is 0 Å². The molecule has 2 aliphatic rings. The van der Waals surface area contributed by atoms with Crippen LogP contribution in [0.25, 0.3) is 11.2 Å². The maximum atomic E-state index is 13.3. The van der Waals surface area contributed by atoms with Crippen LogP contribution in [-0.2, 0) is 4.79 Å². The molecule has 3 aromatic heterocycles. The maximum absolute atomic E-state index is 13.3. The summed E-state index contributed by atoms with van der Waals surface area (Å²) in [6, 6.07) is 8.02. The molecule has 2 aliphatic heterocycles. The molecule has 32 heavy (non-hydrogen) atoms. The molecule has 5 rings (SSSR count). The molecule has 8 heteroatoms. The number of nitrogens with zero attached hydrogens (tertiary/aromatic N) is 7. The van der Waals surface area contributed by atoms with Crippen LogP contribution >= 0.6 is 0 Å². The van der Waals surface area contributed by atoms with Gasteiger partial charge in [-0.25, -0.2) is 19.9 Å². The van der Waals surface area contributed by atoms with E-state index in [1.165, 1.54) is 0 Å². The number of hydrogen-bond donors (Lipinski definition) is 0. The van der Waals surface area contributed by atoms with E-state index in [9.17, 15) is 4.79 Å². The molecule has 166 valence electrons. The third kappa shape index (κ3) is 4.09. The second kappa shape index (κ2) is 8.68. The lowest BCUT2D eigenvalue weighted by atomic mass is 9.95. The van der Waals surface area contributed by atoms with Gasteiger partial charge >= 0.3 is 0 Å². The van der Waals surface area contributed by atoms with Gasteiger partial charge in [-0.15, -0.1) is 0 Å². The summed E-state index contributed by atoms with van der Waals surface area (Å²) in [5, 5.41) is 0. The monoisotopic (exact) mass is 431 g/mol. The van der Waals surface area contributed by atoms with Gasteiger partial charge in [-0.1, -0.05) is 6.07 Å². The molecule has 1 atom stereocenters. The number of carbonyl (C=O) groups is 1. The van der Waals surface area contributed by atoms with E-state index in [4.69, 9.17) is 0 Å². The van der Waals surface area contributed by atoms with Crippen LogP contribution in [0.15, 0.2) is 36.7 Å². The zero-order chi connectivity index (χ0) is 22.1. The van der Waals surface area contributed by atoms with Gasteiger partial charge in [0.25, 0.3) is 0 Å². The number of aryl methyl sites for hydroxylation is 2. The predicted octanol–water partition coefficient (Wildman–Crippen LogP) is 2.60. The SMILES string of the molecule is Cc1nc2cc(N3CCC[C@H](C(=O)N4CCN(c5ccccn5)CC4)C3)cnc2nc1C. The van der Waals surface area contributed by atoms with E-state index in [0.717, 1.165) is 80.5 Å². The Morgan fingerprint density at radius 3 is 2.56 bits per heavy atom. The van der Waals surface area contributed by atoms with E-state index in [-0.39, 0.29) is 11.8 Å². The van der Waals surface area contributed by atoms with E-state index < -0.39 is 0 Å². The van der Waals surface area contributed by atoms with Crippen molar-refractivity contribution in [3.63, 3.8) is 0 Å². The average Bonchev–Trinajstić information content (AvgIpc) is 2.85. The minimum atomic E-state index is 0.0201. The molecule has 0 N–H and O–H groups in total. The molecular formula is C24H29N7O. The van der Waals surface area contributed by atoms with Crippen molar-refractivity contribution in [2.75, 3.05) is 49.1 Å². The van der Waals surface area contributed by atoms with Crippen molar-refractivity contribution in [1.82, 2.24) is 24.8 Å². The number of hydrogen-bond acceptors (Lipinski definition) is 7. The Morgan fingerprint density at radius 1 is 0.969 bits per heavy atom. The number of pyridine rings is 2. The minimum Gasteiger partial charge on any atom is -0.369 e. The number of piperazine rings is 1. The highest BCUT2D eigenvalue weighted by atomic mass is 16.2. The van der Waals surface area contributed by atoms with E-state index in [1.54, 1.807) is 0 Å². The number of aromatic nitrogens is 4. The van der Waals surface area contributed by atoms with Crippen molar-refractivity contribution in [3.8, 4) is 0 Å². The van der Waals surface area contributed by atoms with Gasteiger partial charge in [0, 0.05) is 45.5 Å². The zero-order valence-electron chi connectivity index (χ0n) is 18.7. The van der Waals surface area contributed by atoms with Crippen LogP contribution in [0.3, 0.4) is 0 Å². The largest absolute Gasteiger partial charge is 0.369 e. The van der Waals surface area contributed by atoms with Crippen molar-refractivity contribution < 1.29 is 4.79 Å². The van der Waals surface area contributed by atoms with Crippen LogP contribution in [0.1, 0.15) is 24.2 Å². The second-order valence-corrected chi connectivity index (χ2v) is 8.72. The fourth-order valence-electron chi connectivity index (χ4n) is 4.65. The summed E-state index contributed by atoms with van der Waals surface area (Å²) in [7, 11) is 0. The quantitative estimate of drug-likeness (QED) is 0.631. The predicted molar refractivity (Wildman–Crippen MR) is 125 cm³/mol. The Bertz CT molecular complexity index is 1110. The van der Waals surface area contributed by atoms with Crippen molar-refractivity contribution in [2.24, 2.45) is 5.92 Å². The first-order valence-corrected chi connectivity index (χ1v) is 11.4. The lowest BCUT2D eigenvalue weighted by Gasteiger charge is -2.39. The Hall–Kier alpha value is -3.29. The molecule has 2 saturated heterocycles. The Morgan fingerprint density at radius 2 is 1.78 bits per heavy atom. The first-order valence-electron chi connectivity index (χ1n) is 11.4. The van der Waals surface area contributed by atoms with Crippen LogP contribution in [0.4, 0.5) is 11.5 Å². The number of carbonyl (C=O) groups excluding carboxylic acids is 1. The molecular weight excluding hydrogens is 402 g/mol. The summed E-state index contributed by atoms with van der Waals surface area (Å²) in [5.41, 5.74) is 4.34. The van der Waals surface area contributed by atoms with Crippen LogP contribution < -0.4 is 9.80 Å².